The minimum absolute atomic E-state index is 0.0215. The quantitative estimate of drug-likeness (QED) is 0.715. The Morgan fingerprint density at radius 3 is 2.79 bits per heavy atom. The van der Waals surface area contributed by atoms with Crippen molar-refractivity contribution in [2.24, 2.45) is 5.14 Å². The summed E-state index contributed by atoms with van der Waals surface area (Å²) in [5.74, 6) is -0.0215. The monoisotopic (exact) mass is 221 g/mol. The third-order valence-electron chi connectivity index (χ3n) is 2.35. The van der Waals surface area contributed by atoms with Crippen molar-refractivity contribution in [3.63, 3.8) is 0 Å². The number of Topliss-reactive ketones (excluding diaryl/α,β-unsaturated/α-hetero) is 1. The fourth-order valence-electron chi connectivity index (χ4n) is 1.36. The highest BCUT2D eigenvalue weighted by atomic mass is 32.2. The molecular formula is C8H15NO4S. The van der Waals surface area contributed by atoms with Gasteiger partial charge in [0.25, 0.3) is 0 Å². The van der Waals surface area contributed by atoms with Crippen LogP contribution in [0.5, 0.6) is 0 Å². The molecule has 1 heterocycles. The van der Waals surface area contributed by atoms with Gasteiger partial charge in [0, 0.05) is 13.0 Å². The maximum atomic E-state index is 11.3. The smallest absolute Gasteiger partial charge is 0.211 e. The van der Waals surface area contributed by atoms with E-state index >= 15 is 0 Å². The van der Waals surface area contributed by atoms with Crippen LogP contribution in [0.3, 0.4) is 0 Å². The number of nitrogens with two attached hydrogens (primary N) is 1. The summed E-state index contributed by atoms with van der Waals surface area (Å²) in [7, 11) is -3.56. The normalized spacial score (nSPS) is 26.1. The van der Waals surface area contributed by atoms with Crippen LogP contribution < -0.4 is 5.14 Å². The summed E-state index contributed by atoms with van der Waals surface area (Å²) in [5.41, 5.74) is 0. The first kappa shape index (κ1) is 11.6. The van der Waals surface area contributed by atoms with Gasteiger partial charge >= 0.3 is 0 Å². The zero-order chi connectivity index (χ0) is 10.8. The fourth-order valence-corrected chi connectivity index (χ4v) is 1.80. The second-order valence-corrected chi connectivity index (χ2v) is 5.55. The molecule has 0 aromatic carbocycles. The Balaban J connectivity index is 2.55. The highest BCUT2D eigenvalue weighted by Crippen LogP contribution is 2.16. The van der Waals surface area contributed by atoms with Crippen molar-refractivity contribution in [2.75, 3.05) is 6.61 Å². The molecule has 14 heavy (non-hydrogen) atoms. The van der Waals surface area contributed by atoms with E-state index in [1.165, 1.54) is 6.92 Å². The van der Waals surface area contributed by atoms with Gasteiger partial charge in [-0.15, -0.1) is 0 Å². The Labute approximate surface area is 83.7 Å². The third-order valence-corrected chi connectivity index (χ3v) is 3.67. The SMILES string of the molecule is CC(CC1OCCCC1=O)S(N)(=O)=O. The number of sulfonamides is 1. The maximum absolute atomic E-state index is 11.3. The van der Waals surface area contributed by atoms with Gasteiger partial charge in [-0.2, -0.15) is 0 Å². The Hall–Kier alpha value is -0.460. The highest BCUT2D eigenvalue weighted by molar-refractivity contribution is 7.89. The number of carbonyl (C=O) groups is 1. The van der Waals surface area contributed by atoms with Crippen LogP contribution in [0.15, 0.2) is 0 Å². The summed E-state index contributed by atoms with van der Waals surface area (Å²) in [6, 6.07) is 0. The molecular weight excluding hydrogens is 206 g/mol. The van der Waals surface area contributed by atoms with Gasteiger partial charge in [-0.1, -0.05) is 0 Å². The average Bonchev–Trinajstić information content (AvgIpc) is 2.07. The predicted molar refractivity (Wildman–Crippen MR) is 51.2 cm³/mol. The standard InChI is InChI=1S/C8H15NO4S/c1-6(14(9,11)12)5-8-7(10)3-2-4-13-8/h6,8H,2-5H2,1H3,(H2,9,11,12). The van der Waals surface area contributed by atoms with Gasteiger partial charge in [-0.05, 0) is 19.8 Å². The van der Waals surface area contributed by atoms with Crippen LogP contribution in [0, 0.1) is 0 Å². The second-order valence-electron chi connectivity index (χ2n) is 3.56. The molecule has 0 radical (unpaired) electrons. The van der Waals surface area contributed by atoms with Gasteiger partial charge in [0.15, 0.2) is 5.78 Å². The number of ketones is 1. The number of carbonyl (C=O) groups excluding carboxylic acids is 1. The number of primary sulfonamides is 1. The van der Waals surface area contributed by atoms with Crippen LogP contribution >= 0.6 is 0 Å². The maximum Gasteiger partial charge on any atom is 0.211 e. The summed E-state index contributed by atoms with van der Waals surface area (Å²) in [5, 5.41) is 4.22. The second kappa shape index (κ2) is 4.37. The van der Waals surface area contributed by atoms with E-state index in [1.54, 1.807) is 0 Å². The average molecular weight is 221 g/mol. The lowest BCUT2D eigenvalue weighted by Crippen LogP contribution is -2.36. The van der Waals surface area contributed by atoms with E-state index in [4.69, 9.17) is 9.88 Å². The highest BCUT2D eigenvalue weighted by Gasteiger charge is 2.28. The van der Waals surface area contributed by atoms with Gasteiger partial charge in [-0.25, -0.2) is 13.6 Å². The number of ether oxygens (including phenoxy) is 1. The summed E-state index contributed by atoms with van der Waals surface area (Å²) in [6.07, 6.45) is 0.774. The Morgan fingerprint density at radius 1 is 1.64 bits per heavy atom. The van der Waals surface area contributed by atoms with Crippen LogP contribution in [-0.4, -0.2) is 32.2 Å². The van der Waals surface area contributed by atoms with Crippen LogP contribution in [0.4, 0.5) is 0 Å². The molecule has 5 nitrogen and oxygen atoms in total. The largest absolute Gasteiger partial charge is 0.370 e. The van der Waals surface area contributed by atoms with E-state index in [1.807, 2.05) is 0 Å². The van der Waals surface area contributed by atoms with Crippen molar-refractivity contribution in [2.45, 2.75) is 37.5 Å². The molecule has 0 aliphatic carbocycles. The van der Waals surface area contributed by atoms with Crippen LogP contribution in [0.25, 0.3) is 0 Å². The Morgan fingerprint density at radius 2 is 2.29 bits per heavy atom. The van der Waals surface area contributed by atoms with Crippen LogP contribution in [0.1, 0.15) is 26.2 Å². The molecule has 1 rings (SSSR count). The summed E-state index contributed by atoms with van der Waals surface area (Å²) in [4.78, 5) is 11.3. The van der Waals surface area contributed by atoms with Crippen LogP contribution in [0.2, 0.25) is 0 Å². The van der Waals surface area contributed by atoms with E-state index in [9.17, 15) is 13.2 Å². The third kappa shape index (κ3) is 3.04. The van der Waals surface area contributed by atoms with Gasteiger partial charge in [0.2, 0.25) is 10.0 Å². The van der Waals surface area contributed by atoms with E-state index in [2.05, 4.69) is 0 Å². The zero-order valence-corrected chi connectivity index (χ0v) is 8.92. The lowest BCUT2D eigenvalue weighted by molar-refractivity contribution is -0.135. The van der Waals surface area contributed by atoms with E-state index in [-0.39, 0.29) is 12.2 Å². The number of hydrogen-bond acceptors (Lipinski definition) is 4. The lowest BCUT2D eigenvalue weighted by atomic mass is 10.0. The van der Waals surface area contributed by atoms with Gasteiger partial charge in [0.1, 0.15) is 6.10 Å². The molecule has 2 N–H and O–H groups in total. The summed E-state index contributed by atoms with van der Waals surface area (Å²) < 4.78 is 27.0. The first-order valence-electron chi connectivity index (χ1n) is 4.57. The van der Waals surface area contributed by atoms with Gasteiger partial charge in [0.05, 0.1) is 5.25 Å². The van der Waals surface area contributed by atoms with E-state index < -0.39 is 21.4 Å². The Bertz CT molecular complexity index is 311. The van der Waals surface area contributed by atoms with Crippen molar-refractivity contribution in [3.8, 4) is 0 Å². The van der Waals surface area contributed by atoms with Gasteiger partial charge < -0.3 is 4.74 Å². The minimum Gasteiger partial charge on any atom is -0.370 e. The first-order chi connectivity index (χ1) is 6.41. The molecule has 0 amide bonds. The number of hydrogen-bond donors (Lipinski definition) is 1. The van der Waals surface area contributed by atoms with E-state index in [0.717, 1.165) is 6.42 Å². The van der Waals surface area contributed by atoms with Crippen molar-refractivity contribution in [1.82, 2.24) is 0 Å². The lowest BCUT2D eigenvalue weighted by Gasteiger charge is -2.23. The van der Waals surface area contributed by atoms with Crippen LogP contribution in [-0.2, 0) is 19.6 Å². The van der Waals surface area contributed by atoms with Gasteiger partial charge in [-0.3, -0.25) is 4.79 Å². The number of rotatable bonds is 3. The molecule has 0 aromatic heterocycles. The fraction of sp³-hybridized carbons (Fsp3) is 0.875. The van der Waals surface area contributed by atoms with Crippen molar-refractivity contribution < 1.29 is 17.9 Å². The Kier molecular flexibility index (Phi) is 3.63. The molecule has 0 aromatic rings. The topological polar surface area (TPSA) is 86.5 Å². The zero-order valence-electron chi connectivity index (χ0n) is 8.10. The molecule has 2 atom stereocenters. The van der Waals surface area contributed by atoms with E-state index in [0.29, 0.717) is 13.0 Å². The molecule has 82 valence electrons. The molecule has 6 heteroatoms. The predicted octanol–water partition coefficient (Wildman–Crippen LogP) is -0.198. The molecule has 0 bridgehead atoms. The molecule has 0 spiro atoms. The molecule has 1 aliphatic rings. The minimum atomic E-state index is -3.56. The van der Waals surface area contributed by atoms with Crippen molar-refractivity contribution in [1.29, 1.82) is 0 Å². The summed E-state index contributed by atoms with van der Waals surface area (Å²) in [6.45, 7) is 2.01. The van der Waals surface area contributed by atoms with Crippen molar-refractivity contribution in [3.05, 3.63) is 0 Å². The summed E-state index contributed by atoms with van der Waals surface area (Å²) >= 11 is 0. The molecule has 1 aliphatic heterocycles. The van der Waals surface area contributed by atoms with Crippen molar-refractivity contribution >= 4 is 15.8 Å². The molecule has 1 fully saturated rings. The molecule has 0 saturated carbocycles. The molecule has 2 unspecified atom stereocenters. The molecule has 1 saturated heterocycles. The first-order valence-corrected chi connectivity index (χ1v) is 6.18.